The van der Waals surface area contributed by atoms with Crippen molar-refractivity contribution in [3.8, 4) is 0 Å². The van der Waals surface area contributed by atoms with Crippen molar-refractivity contribution in [2.45, 2.75) is 6.92 Å². The highest BCUT2D eigenvalue weighted by Crippen LogP contribution is 1.83. The highest BCUT2D eigenvalue weighted by Gasteiger charge is 1.99. The number of aldehydes is 1. The maximum atomic E-state index is 9.68. The first-order chi connectivity index (χ1) is 4.97. The molecule has 0 heterocycles. The zero-order chi connectivity index (χ0) is 9.33. The maximum Gasteiger partial charge on any atom is 0.397 e. The van der Waals surface area contributed by atoms with Gasteiger partial charge in [-0.15, -0.1) is 6.58 Å². The van der Waals surface area contributed by atoms with E-state index in [2.05, 4.69) is 10.8 Å². The van der Waals surface area contributed by atoms with Gasteiger partial charge in [0.25, 0.3) is 0 Å². The Morgan fingerprint density at radius 3 is 2.09 bits per heavy atom. The van der Waals surface area contributed by atoms with E-state index in [0.29, 0.717) is 0 Å². The molecule has 0 aliphatic carbocycles. The molecule has 11 heavy (non-hydrogen) atoms. The van der Waals surface area contributed by atoms with Crippen molar-refractivity contribution in [1.82, 2.24) is 0 Å². The van der Waals surface area contributed by atoms with Gasteiger partial charge in [-0.1, -0.05) is 6.08 Å². The van der Waals surface area contributed by atoms with E-state index in [1.807, 2.05) is 0 Å². The van der Waals surface area contributed by atoms with E-state index in [1.165, 1.54) is 13.0 Å². The molecule has 5 nitrogen and oxygen atoms in total. The van der Waals surface area contributed by atoms with Crippen molar-refractivity contribution < 1.29 is 21.9 Å². The lowest BCUT2D eigenvalue weighted by atomic mass is 10.7. The van der Waals surface area contributed by atoms with Gasteiger partial charge in [0.05, 0.1) is 6.61 Å². The van der Waals surface area contributed by atoms with Crippen molar-refractivity contribution in [1.29, 1.82) is 0 Å². The summed E-state index contributed by atoms with van der Waals surface area (Å²) < 4.78 is 31.0. The maximum absolute atomic E-state index is 9.68. The summed E-state index contributed by atoms with van der Waals surface area (Å²) in [5.74, 6) is 0. The van der Waals surface area contributed by atoms with Crippen molar-refractivity contribution in [2.24, 2.45) is 0 Å². The summed E-state index contributed by atoms with van der Waals surface area (Å²) in [5, 5.41) is 0. The molecule has 0 saturated carbocycles. The molecule has 0 unspecified atom stereocenters. The normalized spacial score (nSPS) is 9.27. The third kappa shape index (κ3) is 26.8. The van der Waals surface area contributed by atoms with Gasteiger partial charge in [0.2, 0.25) is 0 Å². The monoisotopic (exact) mass is 182 g/mol. The van der Waals surface area contributed by atoms with Crippen LogP contribution in [0.3, 0.4) is 0 Å². The van der Waals surface area contributed by atoms with E-state index >= 15 is 0 Å². The fourth-order valence-electron chi connectivity index (χ4n) is 0.134. The topological polar surface area (TPSA) is 80.7 Å². The zero-order valence-corrected chi connectivity index (χ0v) is 6.87. The predicted molar refractivity (Wildman–Crippen MR) is 39.4 cm³/mol. The minimum Gasteiger partial charge on any atom is -0.304 e. The van der Waals surface area contributed by atoms with E-state index in [1.54, 1.807) is 0 Å². The first-order valence-corrected chi connectivity index (χ1v) is 3.97. The first kappa shape index (κ1) is 12.9. The van der Waals surface area contributed by atoms with Crippen LogP contribution in [0.15, 0.2) is 12.7 Å². The van der Waals surface area contributed by atoms with Crippen LogP contribution in [0.25, 0.3) is 0 Å². The van der Waals surface area contributed by atoms with Gasteiger partial charge in [-0.3, -0.25) is 4.55 Å². The number of hydrogen-bond donors (Lipinski definition) is 1. The highest BCUT2D eigenvalue weighted by molar-refractivity contribution is 7.80. The standard InChI is InChI=1S/C3H6O4S.C2H4O/c1-2-3-7-8(4,5)6;1-2-3/h2H,1,3H2,(H,4,5,6);2H,1H3. The van der Waals surface area contributed by atoms with Crippen molar-refractivity contribution >= 4 is 16.7 Å². The Morgan fingerprint density at radius 2 is 2.00 bits per heavy atom. The van der Waals surface area contributed by atoms with Crippen molar-refractivity contribution in [3.05, 3.63) is 12.7 Å². The zero-order valence-electron chi connectivity index (χ0n) is 6.06. The molecule has 0 aliphatic rings. The van der Waals surface area contributed by atoms with E-state index in [-0.39, 0.29) is 6.61 Å². The molecule has 0 rings (SSSR count). The third-order valence-electron chi connectivity index (χ3n) is 0.335. The fourth-order valence-corrected chi connectivity index (χ4v) is 0.402. The van der Waals surface area contributed by atoms with Crippen LogP contribution in [0, 0.1) is 0 Å². The molecule has 0 aromatic rings. The summed E-state index contributed by atoms with van der Waals surface area (Å²) in [7, 11) is -4.26. The average Bonchev–Trinajstić information content (AvgIpc) is 1.84. The molecule has 0 spiro atoms. The van der Waals surface area contributed by atoms with Gasteiger partial charge in [-0.05, 0) is 6.92 Å². The number of carbonyl (C=O) groups excluding carboxylic acids is 1. The second-order valence-corrected chi connectivity index (χ2v) is 2.33. The molecular weight excluding hydrogens is 172 g/mol. The van der Waals surface area contributed by atoms with E-state index in [9.17, 15) is 8.42 Å². The van der Waals surface area contributed by atoms with Gasteiger partial charge in [0.1, 0.15) is 6.29 Å². The summed E-state index contributed by atoms with van der Waals surface area (Å²) in [6.07, 6.45) is 1.97. The minimum absolute atomic E-state index is 0.196. The van der Waals surface area contributed by atoms with Crippen LogP contribution in [0.4, 0.5) is 0 Å². The van der Waals surface area contributed by atoms with Gasteiger partial charge >= 0.3 is 10.4 Å². The molecule has 0 fully saturated rings. The van der Waals surface area contributed by atoms with Crippen LogP contribution in [0.2, 0.25) is 0 Å². The molecule has 0 saturated heterocycles. The molecular formula is C5H10O5S. The Labute approximate surface area is 65.6 Å². The second-order valence-electron chi connectivity index (χ2n) is 1.24. The third-order valence-corrected chi connectivity index (χ3v) is 0.769. The number of carbonyl (C=O) groups is 1. The molecule has 0 radical (unpaired) electrons. The number of rotatable bonds is 3. The van der Waals surface area contributed by atoms with Crippen molar-refractivity contribution in [3.63, 3.8) is 0 Å². The van der Waals surface area contributed by atoms with Crippen LogP contribution in [0.5, 0.6) is 0 Å². The van der Waals surface area contributed by atoms with Crippen LogP contribution in [0.1, 0.15) is 6.92 Å². The van der Waals surface area contributed by atoms with Crippen molar-refractivity contribution in [2.75, 3.05) is 6.61 Å². The molecule has 6 heteroatoms. The molecule has 1 N–H and O–H groups in total. The van der Waals surface area contributed by atoms with Crippen LogP contribution >= 0.6 is 0 Å². The Bertz CT molecular complexity index is 193. The molecule has 0 aliphatic heterocycles. The van der Waals surface area contributed by atoms with Gasteiger partial charge in [-0.2, -0.15) is 8.42 Å². The van der Waals surface area contributed by atoms with E-state index < -0.39 is 10.4 Å². The summed E-state index contributed by atoms with van der Waals surface area (Å²) in [6, 6.07) is 0. The summed E-state index contributed by atoms with van der Waals surface area (Å²) in [5.41, 5.74) is 0. The first-order valence-electron chi connectivity index (χ1n) is 2.60. The fraction of sp³-hybridized carbons (Fsp3) is 0.400. The molecule has 66 valence electrons. The largest absolute Gasteiger partial charge is 0.397 e. The quantitative estimate of drug-likeness (QED) is 0.383. The predicted octanol–water partition coefficient (Wildman–Crippen LogP) is 0.197. The molecule has 0 aromatic heterocycles. The summed E-state index contributed by atoms with van der Waals surface area (Å²) in [6.45, 7) is 4.41. The SMILES string of the molecule is C=CCOS(=O)(=O)O.CC=O. The molecule has 0 atom stereocenters. The van der Waals surface area contributed by atoms with Crippen LogP contribution in [-0.4, -0.2) is 25.9 Å². The average molecular weight is 182 g/mol. The van der Waals surface area contributed by atoms with Gasteiger partial charge in [0, 0.05) is 0 Å². The van der Waals surface area contributed by atoms with Crippen LogP contribution in [-0.2, 0) is 19.4 Å². The van der Waals surface area contributed by atoms with Gasteiger partial charge in [-0.25, -0.2) is 4.18 Å². The minimum atomic E-state index is -4.26. The van der Waals surface area contributed by atoms with E-state index in [0.717, 1.165) is 6.29 Å². The molecule has 0 amide bonds. The van der Waals surface area contributed by atoms with E-state index in [4.69, 9.17) is 9.35 Å². The highest BCUT2D eigenvalue weighted by atomic mass is 32.3. The second kappa shape index (κ2) is 7.39. The van der Waals surface area contributed by atoms with Crippen LogP contribution < -0.4 is 0 Å². The Kier molecular flexibility index (Phi) is 8.67. The lowest BCUT2D eigenvalue weighted by Gasteiger charge is -1.90. The number of hydrogen-bond acceptors (Lipinski definition) is 4. The summed E-state index contributed by atoms with van der Waals surface area (Å²) >= 11 is 0. The van der Waals surface area contributed by atoms with Gasteiger partial charge in [0.15, 0.2) is 0 Å². The van der Waals surface area contributed by atoms with Gasteiger partial charge < -0.3 is 4.79 Å². The lowest BCUT2D eigenvalue weighted by Crippen LogP contribution is -2.02. The Hall–Kier alpha value is -0.720. The smallest absolute Gasteiger partial charge is 0.304 e. The summed E-state index contributed by atoms with van der Waals surface area (Å²) in [4.78, 5) is 8.81. The lowest BCUT2D eigenvalue weighted by molar-refractivity contribution is -0.106. The molecule has 0 aromatic carbocycles. The molecule has 0 bridgehead atoms. The Balaban J connectivity index is 0. The Morgan fingerprint density at radius 1 is 1.64 bits per heavy atom.